The summed E-state index contributed by atoms with van der Waals surface area (Å²) in [4.78, 5) is 13.8. The summed E-state index contributed by atoms with van der Waals surface area (Å²) in [5.41, 5.74) is 6.74. The van der Waals surface area contributed by atoms with E-state index in [9.17, 15) is 4.79 Å². The Morgan fingerprint density at radius 1 is 1.19 bits per heavy atom. The molecule has 1 amide bonds. The van der Waals surface area contributed by atoms with Crippen LogP contribution in [0.2, 0.25) is 0 Å². The fourth-order valence-electron chi connectivity index (χ4n) is 3.58. The average Bonchev–Trinajstić information content (AvgIpc) is 2.98. The van der Waals surface area contributed by atoms with Crippen LogP contribution in [0.15, 0.2) is 42.5 Å². The average molecular weight is 282 g/mol. The molecule has 0 radical (unpaired) electrons. The first kappa shape index (κ1) is 13.9. The van der Waals surface area contributed by atoms with Crippen LogP contribution >= 0.6 is 0 Å². The molecule has 0 spiro atoms. The van der Waals surface area contributed by atoms with Crippen molar-refractivity contribution in [1.82, 2.24) is 0 Å². The van der Waals surface area contributed by atoms with Crippen LogP contribution in [0.5, 0.6) is 0 Å². The van der Waals surface area contributed by atoms with Crippen LogP contribution < -0.4 is 10.6 Å². The summed E-state index contributed by atoms with van der Waals surface area (Å²) in [5, 5.41) is 2.54. The van der Waals surface area contributed by atoms with E-state index in [4.69, 9.17) is 5.73 Å². The minimum Gasteiger partial charge on any atom is -0.369 e. The van der Waals surface area contributed by atoms with E-state index in [2.05, 4.69) is 54.3 Å². The number of nitrogens with zero attached hydrogens (tertiary/aromatic N) is 1. The minimum atomic E-state index is -0.147. The van der Waals surface area contributed by atoms with E-state index in [1.54, 1.807) is 0 Å². The predicted octanol–water partition coefficient (Wildman–Crippen LogP) is 3.32. The zero-order valence-corrected chi connectivity index (χ0v) is 12.5. The van der Waals surface area contributed by atoms with Gasteiger partial charge in [-0.05, 0) is 37.6 Å². The molecule has 1 fully saturated rings. The van der Waals surface area contributed by atoms with Crippen LogP contribution in [-0.2, 0) is 4.79 Å². The molecule has 0 bridgehead atoms. The van der Waals surface area contributed by atoms with E-state index in [-0.39, 0.29) is 11.8 Å². The van der Waals surface area contributed by atoms with E-state index >= 15 is 0 Å². The molecular formula is C18H22N2O. The molecule has 2 atom stereocenters. The van der Waals surface area contributed by atoms with Crippen LogP contribution in [0, 0.1) is 5.92 Å². The monoisotopic (exact) mass is 282 g/mol. The second kappa shape index (κ2) is 5.76. The Morgan fingerprint density at radius 3 is 2.67 bits per heavy atom. The van der Waals surface area contributed by atoms with E-state index in [0.717, 1.165) is 25.8 Å². The number of nitrogens with two attached hydrogens (primary N) is 1. The Hall–Kier alpha value is -2.03. The van der Waals surface area contributed by atoms with Crippen molar-refractivity contribution in [3.63, 3.8) is 0 Å². The number of hydrogen-bond donors (Lipinski definition) is 1. The molecule has 0 aromatic heterocycles. The van der Waals surface area contributed by atoms with Crippen molar-refractivity contribution in [2.75, 3.05) is 11.4 Å². The number of amides is 1. The highest BCUT2D eigenvalue weighted by Gasteiger charge is 2.32. The van der Waals surface area contributed by atoms with Crippen LogP contribution in [0.25, 0.3) is 10.8 Å². The highest BCUT2D eigenvalue weighted by atomic mass is 16.1. The first-order chi connectivity index (χ1) is 10.2. The molecule has 3 heteroatoms. The Balaban J connectivity index is 1.94. The predicted molar refractivity (Wildman–Crippen MR) is 87.3 cm³/mol. The lowest BCUT2D eigenvalue weighted by molar-refractivity contribution is -0.121. The number of benzene rings is 2. The number of rotatable bonds is 4. The van der Waals surface area contributed by atoms with Crippen molar-refractivity contribution < 1.29 is 4.79 Å². The lowest BCUT2D eigenvalue weighted by Gasteiger charge is -2.31. The van der Waals surface area contributed by atoms with E-state index in [1.165, 1.54) is 16.5 Å². The fraction of sp³-hybridized carbons (Fsp3) is 0.389. The van der Waals surface area contributed by atoms with Crippen molar-refractivity contribution in [3.8, 4) is 0 Å². The van der Waals surface area contributed by atoms with Gasteiger partial charge in [0.2, 0.25) is 5.91 Å². The molecule has 0 saturated heterocycles. The van der Waals surface area contributed by atoms with Gasteiger partial charge in [-0.2, -0.15) is 0 Å². The lowest BCUT2D eigenvalue weighted by atomic mass is 10.0. The number of hydrogen-bond acceptors (Lipinski definition) is 2. The molecule has 2 N–H and O–H groups in total. The highest BCUT2D eigenvalue weighted by Crippen LogP contribution is 2.35. The van der Waals surface area contributed by atoms with E-state index in [0.29, 0.717) is 6.04 Å². The Bertz CT molecular complexity index is 647. The summed E-state index contributed by atoms with van der Waals surface area (Å²) >= 11 is 0. The molecule has 110 valence electrons. The maximum absolute atomic E-state index is 11.4. The molecule has 1 saturated carbocycles. The van der Waals surface area contributed by atoms with Gasteiger partial charge in [0, 0.05) is 29.6 Å². The summed E-state index contributed by atoms with van der Waals surface area (Å²) in [6, 6.07) is 15.3. The number of carbonyl (C=O) groups is 1. The van der Waals surface area contributed by atoms with Crippen molar-refractivity contribution in [1.29, 1.82) is 0 Å². The van der Waals surface area contributed by atoms with Gasteiger partial charge in [0.15, 0.2) is 0 Å². The molecule has 1 aliphatic carbocycles. The number of carbonyl (C=O) groups excluding carboxylic acids is 1. The van der Waals surface area contributed by atoms with Crippen molar-refractivity contribution in [3.05, 3.63) is 42.5 Å². The Labute approximate surface area is 125 Å². The van der Waals surface area contributed by atoms with Gasteiger partial charge in [0.1, 0.15) is 0 Å². The quantitative estimate of drug-likeness (QED) is 0.935. The van der Waals surface area contributed by atoms with Crippen LogP contribution in [0.3, 0.4) is 0 Å². The number of primary amides is 1. The third kappa shape index (κ3) is 2.60. The third-order valence-electron chi connectivity index (χ3n) is 4.66. The van der Waals surface area contributed by atoms with Crippen molar-refractivity contribution in [2.45, 2.75) is 32.2 Å². The topological polar surface area (TPSA) is 46.3 Å². The van der Waals surface area contributed by atoms with E-state index in [1.807, 2.05) is 0 Å². The molecular weight excluding hydrogens is 260 g/mol. The summed E-state index contributed by atoms with van der Waals surface area (Å²) in [6.07, 6.45) is 2.85. The summed E-state index contributed by atoms with van der Waals surface area (Å²) in [5.74, 6) is -0.106. The van der Waals surface area contributed by atoms with Gasteiger partial charge in [-0.25, -0.2) is 0 Å². The molecule has 1 aliphatic rings. The summed E-state index contributed by atoms with van der Waals surface area (Å²) in [6.45, 7) is 3.13. The smallest absolute Gasteiger partial charge is 0.220 e. The second-order valence-corrected chi connectivity index (χ2v) is 5.85. The summed E-state index contributed by atoms with van der Waals surface area (Å²) < 4.78 is 0. The van der Waals surface area contributed by atoms with Gasteiger partial charge in [-0.3, -0.25) is 4.79 Å². The third-order valence-corrected chi connectivity index (χ3v) is 4.66. The highest BCUT2D eigenvalue weighted by molar-refractivity contribution is 5.94. The van der Waals surface area contributed by atoms with Gasteiger partial charge in [0.25, 0.3) is 0 Å². The Morgan fingerprint density at radius 2 is 1.95 bits per heavy atom. The van der Waals surface area contributed by atoms with Gasteiger partial charge in [0.05, 0.1) is 0 Å². The lowest BCUT2D eigenvalue weighted by Crippen LogP contribution is -2.34. The van der Waals surface area contributed by atoms with Crippen molar-refractivity contribution >= 4 is 22.4 Å². The molecule has 2 unspecified atom stereocenters. The molecule has 3 rings (SSSR count). The minimum absolute atomic E-state index is 0.0408. The molecule has 21 heavy (non-hydrogen) atoms. The van der Waals surface area contributed by atoms with Crippen molar-refractivity contribution in [2.24, 2.45) is 11.7 Å². The molecule has 3 nitrogen and oxygen atoms in total. The van der Waals surface area contributed by atoms with Gasteiger partial charge in [-0.15, -0.1) is 0 Å². The second-order valence-electron chi connectivity index (χ2n) is 5.85. The number of anilines is 1. The zero-order valence-electron chi connectivity index (χ0n) is 12.5. The van der Waals surface area contributed by atoms with Gasteiger partial charge < -0.3 is 10.6 Å². The molecule has 2 aromatic rings. The largest absolute Gasteiger partial charge is 0.369 e. The maximum Gasteiger partial charge on any atom is 0.220 e. The SMILES string of the molecule is CCN(c1cccc2ccccc12)C1CCC(C(N)=O)C1. The van der Waals surface area contributed by atoms with Gasteiger partial charge in [-0.1, -0.05) is 36.4 Å². The zero-order chi connectivity index (χ0) is 14.8. The number of fused-ring (bicyclic) bond motifs is 1. The Kier molecular flexibility index (Phi) is 3.82. The van der Waals surface area contributed by atoms with Crippen LogP contribution in [0.4, 0.5) is 5.69 Å². The normalized spacial score (nSPS) is 21.6. The van der Waals surface area contributed by atoms with Crippen LogP contribution in [-0.4, -0.2) is 18.5 Å². The molecule has 0 heterocycles. The first-order valence-electron chi connectivity index (χ1n) is 7.74. The summed E-state index contributed by atoms with van der Waals surface area (Å²) in [7, 11) is 0. The first-order valence-corrected chi connectivity index (χ1v) is 7.74. The van der Waals surface area contributed by atoms with E-state index < -0.39 is 0 Å². The standard InChI is InChI=1S/C18H22N2O/c1-2-20(15-11-10-14(12-15)18(19)21)17-9-5-7-13-6-3-4-8-16(13)17/h3-9,14-15H,2,10-12H2,1H3,(H2,19,21). The molecule has 2 aromatic carbocycles. The molecule has 0 aliphatic heterocycles. The maximum atomic E-state index is 11.4. The van der Waals surface area contributed by atoms with Gasteiger partial charge >= 0.3 is 0 Å². The fourth-order valence-corrected chi connectivity index (χ4v) is 3.58. The van der Waals surface area contributed by atoms with Crippen LogP contribution in [0.1, 0.15) is 26.2 Å².